The van der Waals surface area contributed by atoms with E-state index in [9.17, 15) is 9.90 Å². The van der Waals surface area contributed by atoms with Crippen molar-refractivity contribution in [1.29, 1.82) is 0 Å². The SMILES string of the molecule is CCNc1cc(N=C(N)/C=C\NCC(=O)N2CCCC2)ncc1C(N)=Nc1c(C)ccc(O)c1C. The van der Waals surface area contributed by atoms with Crippen molar-refractivity contribution in [3.63, 3.8) is 0 Å². The van der Waals surface area contributed by atoms with Gasteiger partial charge in [-0.25, -0.2) is 15.0 Å². The smallest absolute Gasteiger partial charge is 0.241 e. The van der Waals surface area contributed by atoms with Gasteiger partial charge in [0.05, 0.1) is 23.5 Å². The maximum Gasteiger partial charge on any atom is 0.241 e. The molecule has 0 aliphatic carbocycles. The summed E-state index contributed by atoms with van der Waals surface area (Å²) in [6.07, 6.45) is 6.91. The number of hydrogen-bond donors (Lipinski definition) is 5. The Morgan fingerprint density at radius 1 is 1.23 bits per heavy atom. The third-order valence-electron chi connectivity index (χ3n) is 5.70. The molecule has 0 spiro atoms. The monoisotopic (exact) mass is 478 g/mol. The Bertz CT molecular complexity index is 1150. The number of aromatic nitrogens is 1. The molecule has 10 nitrogen and oxygen atoms in total. The molecule has 2 heterocycles. The van der Waals surface area contributed by atoms with E-state index < -0.39 is 0 Å². The molecule has 0 atom stereocenters. The predicted molar refractivity (Wildman–Crippen MR) is 141 cm³/mol. The lowest BCUT2D eigenvalue weighted by Gasteiger charge is -2.14. The number of phenolic OH excluding ortho intramolecular Hbond substituents is 1. The Kier molecular flexibility index (Phi) is 8.66. The topological polar surface area (TPSA) is 154 Å². The van der Waals surface area contributed by atoms with Gasteiger partial charge in [0.1, 0.15) is 17.4 Å². The fraction of sp³-hybridized carbons (Fsp3) is 0.360. The van der Waals surface area contributed by atoms with Gasteiger partial charge in [0.25, 0.3) is 0 Å². The van der Waals surface area contributed by atoms with Gasteiger partial charge >= 0.3 is 0 Å². The highest BCUT2D eigenvalue weighted by Crippen LogP contribution is 2.31. The van der Waals surface area contributed by atoms with Crippen molar-refractivity contribution in [3.8, 4) is 5.75 Å². The summed E-state index contributed by atoms with van der Waals surface area (Å²) in [6, 6.07) is 5.18. The van der Waals surface area contributed by atoms with Crippen LogP contribution in [0.5, 0.6) is 5.75 Å². The summed E-state index contributed by atoms with van der Waals surface area (Å²) in [4.78, 5) is 27.2. The molecule has 0 bridgehead atoms. The molecule has 2 aromatic rings. The summed E-state index contributed by atoms with van der Waals surface area (Å²) < 4.78 is 0. The lowest BCUT2D eigenvalue weighted by Crippen LogP contribution is -2.34. The molecule has 0 unspecified atom stereocenters. The van der Waals surface area contributed by atoms with Gasteiger partial charge in [0.15, 0.2) is 5.82 Å². The van der Waals surface area contributed by atoms with Gasteiger partial charge in [0, 0.05) is 43.7 Å². The van der Waals surface area contributed by atoms with Crippen LogP contribution in [0.15, 0.2) is 46.7 Å². The van der Waals surface area contributed by atoms with Gasteiger partial charge in [-0.05, 0) is 51.3 Å². The second kappa shape index (κ2) is 11.9. The van der Waals surface area contributed by atoms with Crippen molar-refractivity contribution in [3.05, 3.63) is 53.4 Å². The fourth-order valence-corrected chi connectivity index (χ4v) is 3.76. The molecule has 1 aromatic carbocycles. The van der Waals surface area contributed by atoms with Crippen LogP contribution in [-0.4, -0.2) is 58.7 Å². The van der Waals surface area contributed by atoms with E-state index in [0.29, 0.717) is 34.9 Å². The molecule has 0 radical (unpaired) electrons. The van der Waals surface area contributed by atoms with Gasteiger partial charge in [-0.3, -0.25) is 4.79 Å². The number of phenols is 1. The number of hydrogen-bond acceptors (Lipinski definition) is 7. The summed E-state index contributed by atoms with van der Waals surface area (Å²) in [5, 5.41) is 16.2. The molecular weight excluding hydrogens is 444 g/mol. The van der Waals surface area contributed by atoms with Crippen molar-refractivity contribution < 1.29 is 9.90 Å². The van der Waals surface area contributed by atoms with E-state index in [1.165, 1.54) is 0 Å². The Morgan fingerprint density at radius 3 is 2.69 bits per heavy atom. The zero-order valence-electron chi connectivity index (χ0n) is 20.5. The molecule has 35 heavy (non-hydrogen) atoms. The van der Waals surface area contributed by atoms with Gasteiger partial charge in [-0.15, -0.1) is 0 Å². The van der Waals surface area contributed by atoms with Crippen molar-refractivity contribution in [2.24, 2.45) is 21.5 Å². The van der Waals surface area contributed by atoms with Crippen LogP contribution in [-0.2, 0) is 4.79 Å². The van der Waals surface area contributed by atoms with Crippen molar-refractivity contribution in [2.75, 3.05) is 31.5 Å². The number of carbonyl (C=O) groups excluding carboxylic acids is 1. The van der Waals surface area contributed by atoms with Gasteiger partial charge in [-0.1, -0.05) is 6.07 Å². The van der Waals surface area contributed by atoms with Crippen LogP contribution in [0.25, 0.3) is 0 Å². The lowest BCUT2D eigenvalue weighted by molar-refractivity contribution is -0.128. The molecule has 7 N–H and O–H groups in total. The average molecular weight is 479 g/mol. The first-order valence-electron chi connectivity index (χ1n) is 11.7. The van der Waals surface area contributed by atoms with Crippen LogP contribution in [0.4, 0.5) is 17.2 Å². The van der Waals surface area contributed by atoms with Crippen molar-refractivity contribution >= 4 is 34.8 Å². The normalized spacial score (nSPS) is 14.5. The molecule has 1 aromatic heterocycles. The third-order valence-corrected chi connectivity index (χ3v) is 5.70. The number of amides is 1. The molecule has 186 valence electrons. The molecule has 0 saturated carbocycles. The Balaban J connectivity index is 1.74. The van der Waals surface area contributed by atoms with Crippen LogP contribution >= 0.6 is 0 Å². The number of nitrogens with zero attached hydrogens (tertiary/aromatic N) is 4. The molecule has 1 aliphatic heterocycles. The number of nitrogens with one attached hydrogen (secondary N) is 2. The average Bonchev–Trinajstić information content (AvgIpc) is 3.37. The maximum absolute atomic E-state index is 12.1. The number of rotatable bonds is 9. The van der Waals surface area contributed by atoms with Gasteiger partial charge in [0.2, 0.25) is 5.91 Å². The Labute approximate surface area is 205 Å². The molecule has 1 amide bonds. The van der Waals surface area contributed by atoms with Crippen LogP contribution in [0.3, 0.4) is 0 Å². The van der Waals surface area contributed by atoms with Crippen molar-refractivity contribution in [1.82, 2.24) is 15.2 Å². The van der Waals surface area contributed by atoms with E-state index in [1.54, 1.807) is 43.6 Å². The van der Waals surface area contributed by atoms with Crippen LogP contribution in [0.1, 0.15) is 36.5 Å². The zero-order valence-corrected chi connectivity index (χ0v) is 20.5. The number of carbonyl (C=O) groups is 1. The van der Waals surface area contributed by atoms with E-state index in [2.05, 4.69) is 25.6 Å². The summed E-state index contributed by atoms with van der Waals surface area (Å²) >= 11 is 0. The maximum atomic E-state index is 12.1. The summed E-state index contributed by atoms with van der Waals surface area (Å²) in [7, 11) is 0. The van der Waals surface area contributed by atoms with E-state index in [4.69, 9.17) is 11.5 Å². The number of anilines is 1. The van der Waals surface area contributed by atoms with E-state index in [1.807, 2.05) is 18.7 Å². The number of nitrogens with two attached hydrogens (primary N) is 2. The zero-order chi connectivity index (χ0) is 25.4. The second-order valence-electron chi connectivity index (χ2n) is 8.33. The fourth-order valence-electron chi connectivity index (χ4n) is 3.76. The van der Waals surface area contributed by atoms with Gasteiger partial charge < -0.3 is 32.1 Å². The molecular formula is C25H34N8O2. The summed E-state index contributed by atoms with van der Waals surface area (Å²) in [6.45, 7) is 8.20. The van der Waals surface area contributed by atoms with E-state index >= 15 is 0 Å². The number of aliphatic imine (C=N–C) groups is 2. The summed E-state index contributed by atoms with van der Waals surface area (Å²) in [5.41, 5.74) is 15.8. The van der Waals surface area contributed by atoms with Gasteiger partial charge in [-0.2, -0.15) is 0 Å². The minimum atomic E-state index is 0.0746. The number of benzene rings is 1. The standard InChI is InChI=1S/C25H34N8O2/c1-4-29-19-13-22(31-21(26)9-10-28-15-23(35)33-11-5-6-12-33)30-14-18(19)25(27)32-24-16(2)7-8-20(34)17(24)3/h7-10,13-14,28,34H,4-6,11-12,15H2,1-3H3,(H2,27,32)(H3,26,29,30,31)/b10-9-. The lowest BCUT2D eigenvalue weighted by atomic mass is 10.1. The first-order valence-corrected chi connectivity index (χ1v) is 11.7. The number of likely N-dealkylation sites (tertiary alicyclic amines) is 1. The number of pyridine rings is 1. The van der Waals surface area contributed by atoms with Crippen LogP contribution in [0.2, 0.25) is 0 Å². The summed E-state index contributed by atoms with van der Waals surface area (Å²) in [5.74, 6) is 1.14. The third kappa shape index (κ3) is 6.72. The minimum absolute atomic E-state index is 0.0746. The highest BCUT2D eigenvalue weighted by molar-refractivity contribution is 6.04. The van der Waals surface area contributed by atoms with E-state index in [-0.39, 0.29) is 29.9 Å². The molecule has 1 fully saturated rings. The van der Waals surface area contributed by atoms with E-state index in [0.717, 1.165) is 31.5 Å². The quantitative estimate of drug-likeness (QED) is 0.274. The molecule has 1 aliphatic rings. The molecule has 10 heteroatoms. The highest BCUT2D eigenvalue weighted by Gasteiger charge is 2.16. The Morgan fingerprint density at radius 2 is 1.97 bits per heavy atom. The molecule has 1 saturated heterocycles. The first kappa shape index (κ1) is 25.5. The first-order chi connectivity index (χ1) is 16.8. The number of aryl methyl sites for hydroxylation is 1. The second-order valence-corrected chi connectivity index (χ2v) is 8.33. The van der Waals surface area contributed by atoms with Crippen LogP contribution < -0.4 is 22.1 Å². The minimum Gasteiger partial charge on any atom is -0.508 e. The number of amidine groups is 2. The highest BCUT2D eigenvalue weighted by atomic mass is 16.3. The Hall–Kier alpha value is -4.08. The predicted octanol–water partition coefficient (Wildman–Crippen LogP) is 2.59. The van der Waals surface area contributed by atoms with Crippen molar-refractivity contribution in [2.45, 2.75) is 33.6 Å². The van der Waals surface area contributed by atoms with Crippen LogP contribution in [0, 0.1) is 13.8 Å². The largest absolute Gasteiger partial charge is 0.508 e. The number of aromatic hydroxyl groups is 1. The molecule has 3 rings (SSSR count).